The van der Waals surface area contributed by atoms with Crippen molar-refractivity contribution in [3.63, 3.8) is 0 Å². The van der Waals surface area contributed by atoms with Crippen LogP contribution in [0.1, 0.15) is 35.7 Å². The van der Waals surface area contributed by atoms with E-state index in [2.05, 4.69) is 16.0 Å². The molecule has 2 aliphatic rings. The van der Waals surface area contributed by atoms with Gasteiger partial charge < -0.3 is 0 Å². The molecule has 26 heavy (non-hydrogen) atoms. The molecule has 1 aromatic heterocycles. The number of aromatic nitrogens is 1. The molecule has 3 nitrogen and oxygen atoms in total. The molecule has 4 rings (SSSR count). The first-order valence-corrected chi connectivity index (χ1v) is 10.3. The van der Waals surface area contributed by atoms with Crippen LogP contribution in [0.4, 0.5) is 4.39 Å². The van der Waals surface area contributed by atoms with Gasteiger partial charge in [0.1, 0.15) is 5.82 Å². The molecule has 1 saturated heterocycles. The molecule has 1 saturated carbocycles. The molecule has 0 radical (unpaired) electrons. The summed E-state index contributed by atoms with van der Waals surface area (Å²) in [4.78, 5) is 20.3. The lowest BCUT2D eigenvalue weighted by molar-refractivity contribution is -0.126. The van der Waals surface area contributed by atoms with Crippen molar-refractivity contribution in [2.24, 2.45) is 5.92 Å². The smallest absolute Gasteiger partial charge is 0.157 e. The summed E-state index contributed by atoms with van der Waals surface area (Å²) in [6.07, 6.45) is 6.64. The number of piperidine rings is 1. The molecular weight excluding hydrogens is 367 g/mol. The Bertz CT molecular complexity index is 817. The van der Waals surface area contributed by atoms with Crippen molar-refractivity contribution >= 4 is 35.8 Å². The van der Waals surface area contributed by atoms with Crippen LogP contribution < -0.4 is 0 Å². The van der Waals surface area contributed by atoms with Crippen LogP contribution in [0.25, 0.3) is 6.08 Å². The van der Waals surface area contributed by atoms with E-state index in [1.54, 1.807) is 29.0 Å². The minimum absolute atomic E-state index is 0.0854. The number of halogens is 1. The summed E-state index contributed by atoms with van der Waals surface area (Å²) in [6, 6.07) is 6.17. The van der Waals surface area contributed by atoms with Gasteiger partial charge in [-0.05, 0) is 37.0 Å². The first-order valence-electron chi connectivity index (χ1n) is 8.92. The highest BCUT2D eigenvalue weighted by atomic mass is 32.1. The van der Waals surface area contributed by atoms with Crippen molar-refractivity contribution in [1.82, 2.24) is 9.88 Å². The Morgan fingerprint density at radius 2 is 2.15 bits per heavy atom. The SMILES string of the molecule is O=C(C1CC1)C(c1ccccc1F)N1CCC(S)/C(=C/c2cncs2)C1. The number of thiol groups is 1. The van der Waals surface area contributed by atoms with Crippen LogP contribution in [0.3, 0.4) is 0 Å². The zero-order valence-corrected chi connectivity index (χ0v) is 16.1. The molecule has 1 aromatic carbocycles. The Hall–Kier alpha value is -1.50. The molecule has 2 fully saturated rings. The molecule has 2 unspecified atom stereocenters. The highest BCUT2D eigenvalue weighted by Gasteiger charge is 2.40. The predicted molar refractivity (Wildman–Crippen MR) is 106 cm³/mol. The maximum Gasteiger partial charge on any atom is 0.157 e. The second-order valence-corrected chi connectivity index (χ2v) is 8.54. The molecule has 0 amide bonds. The number of nitrogens with zero attached hydrogens (tertiary/aromatic N) is 2. The second kappa shape index (κ2) is 7.62. The maximum atomic E-state index is 14.5. The number of benzene rings is 1. The summed E-state index contributed by atoms with van der Waals surface area (Å²) in [5.41, 5.74) is 3.46. The zero-order chi connectivity index (χ0) is 18.1. The highest BCUT2D eigenvalue weighted by Crippen LogP contribution is 2.39. The summed E-state index contributed by atoms with van der Waals surface area (Å²) >= 11 is 6.30. The van der Waals surface area contributed by atoms with Gasteiger partial charge in [0.2, 0.25) is 0 Å². The van der Waals surface area contributed by atoms with Crippen molar-refractivity contribution < 1.29 is 9.18 Å². The summed E-state index contributed by atoms with van der Waals surface area (Å²) in [7, 11) is 0. The van der Waals surface area contributed by atoms with Crippen LogP contribution in [0.5, 0.6) is 0 Å². The third-order valence-corrected chi connectivity index (χ3v) is 6.41. The number of hydrogen-bond acceptors (Lipinski definition) is 5. The Kier molecular flexibility index (Phi) is 5.25. The topological polar surface area (TPSA) is 33.2 Å². The lowest BCUT2D eigenvalue weighted by atomic mass is 9.93. The number of rotatable bonds is 5. The molecule has 0 N–H and O–H groups in total. The van der Waals surface area contributed by atoms with Crippen molar-refractivity contribution in [2.45, 2.75) is 30.6 Å². The van der Waals surface area contributed by atoms with Crippen molar-refractivity contribution in [2.75, 3.05) is 13.1 Å². The molecule has 0 bridgehead atoms. The number of ketones is 1. The predicted octanol–water partition coefficient (Wildman–Crippen LogP) is 4.39. The molecule has 6 heteroatoms. The third kappa shape index (κ3) is 3.77. The maximum absolute atomic E-state index is 14.5. The van der Waals surface area contributed by atoms with Crippen LogP contribution in [0.15, 0.2) is 41.5 Å². The second-order valence-electron chi connectivity index (χ2n) is 7.00. The van der Waals surface area contributed by atoms with E-state index in [0.29, 0.717) is 12.1 Å². The molecule has 1 aliphatic heterocycles. The average molecular weight is 389 g/mol. The van der Waals surface area contributed by atoms with Gasteiger partial charge in [-0.1, -0.05) is 18.2 Å². The van der Waals surface area contributed by atoms with Gasteiger partial charge in [0.05, 0.1) is 11.6 Å². The van der Waals surface area contributed by atoms with E-state index >= 15 is 0 Å². The van der Waals surface area contributed by atoms with E-state index in [-0.39, 0.29) is 22.8 Å². The van der Waals surface area contributed by atoms with Gasteiger partial charge in [-0.25, -0.2) is 4.39 Å². The standard InChI is InChI=1S/C20H21FN2OS2/c21-17-4-2-1-3-16(17)19(20(24)13-5-6-13)23-8-7-18(25)14(11-23)9-15-10-22-12-26-15/h1-4,9-10,12-13,18-19,25H,5-8,11H2/b14-9+. The number of carbonyl (C=O) groups is 1. The fourth-order valence-corrected chi connectivity index (χ4v) is 4.41. The molecule has 0 spiro atoms. The van der Waals surface area contributed by atoms with Crippen LogP contribution >= 0.6 is 24.0 Å². The number of carbonyl (C=O) groups excluding carboxylic acids is 1. The van der Waals surface area contributed by atoms with Crippen LogP contribution in [-0.4, -0.2) is 34.0 Å². The summed E-state index contributed by atoms with van der Waals surface area (Å²) in [5.74, 6) is -0.0559. The van der Waals surface area contributed by atoms with Gasteiger partial charge in [-0.2, -0.15) is 12.6 Å². The quantitative estimate of drug-likeness (QED) is 0.771. The number of hydrogen-bond donors (Lipinski definition) is 1. The third-order valence-electron chi connectivity index (χ3n) is 5.10. The minimum Gasteiger partial charge on any atom is -0.297 e. The van der Waals surface area contributed by atoms with E-state index < -0.39 is 6.04 Å². The van der Waals surface area contributed by atoms with Gasteiger partial charge >= 0.3 is 0 Å². The Labute approximate surface area is 162 Å². The van der Waals surface area contributed by atoms with E-state index in [1.165, 1.54) is 6.07 Å². The van der Waals surface area contributed by atoms with Gasteiger partial charge in [-0.15, -0.1) is 11.3 Å². The number of Topliss-reactive ketones (excluding diaryl/α,β-unsaturated/α-hetero) is 1. The van der Waals surface area contributed by atoms with Gasteiger partial charge in [-0.3, -0.25) is 14.7 Å². The lowest BCUT2D eigenvalue weighted by Crippen LogP contribution is -2.42. The first-order chi connectivity index (χ1) is 12.6. The molecule has 136 valence electrons. The molecule has 2 atom stereocenters. The van der Waals surface area contributed by atoms with Crippen LogP contribution in [0.2, 0.25) is 0 Å². The molecule has 2 heterocycles. The highest BCUT2D eigenvalue weighted by molar-refractivity contribution is 7.81. The van der Waals surface area contributed by atoms with E-state index in [0.717, 1.165) is 36.3 Å². The van der Waals surface area contributed by atoms with E-state index in [9.17, 15) is 9.18 Å². The Morgan fingerprint density at radius 3 is 2.85 bits per heavy atom. The average Bonchev–Trinajstić information content (AvgIpc) is 3.37. The largest absolute Gasteiger partial charge is 0.297 e. The molecule has 2 aromatic rings. The lowest BCUT2D eigenvalue weighted by Gasteiger charge is -2.37. The first kappa shape index (κ1) is 17.9. The zero-order valence-electron chi connectivity index (χ0n) is 14.3. The van der Waals surface area contributed by atoms with Gasteiger partial charge in [0, 0.05) is 40.9 Å². The Morgan fingerprint density at radius 1 is 1.35 bits per heavy atom. The number of likely N-dealkylation sites (tertiary alicyclic amines) is 1. The van der Waals surface area contributed by atoms with Gasteiger partial charge in [0.25, 0.3) is 0 Å². The van der Waals surface area contributed by atoms with Crippen LogP contribution in [-0.2, 0) is 4.79 Å². The minimum atomic E-state index is -0.505. The van der Waals surface area contributed by atoms with Crippen molar-refractivity contribution in [3.8, 4) is 0 Å². The summed E-state index contributed by atoms with van der Waals surface area (Å²) < 4.78 is 14.5. The number of thiazole rings is 1. The Balaban J connectivity index is 1.65. The monoisotopic (exact) mass is 388 g/mol. The normalized spacial score (nSPS) is 23.9. The molecular formula is C20H21FN2OS2. The van der Waals surface area contributed by atoms with Gasteiger partial charge in [0.15, 0.2) is 5.78 Å². The summed E-state index contributed by atoms with van der Waals surface area (Å²) in [5, 5.41) is 0.158. The fraction of sp³-hybridized carbons (Fsp3) is 0.400. The fourth-order valence-electron chi connectivity index (χ4n) is 3.55. The van der Waals surface area contributed by atoms with Crippen LogP contribution in [0, 0.1) is 11.7 Å². The van der Waals surface area contributed by atoms with Crippen molar-refractivity contribution in [3.05, 3.63) is 57.8 Å². The van der Waals surface area contributed by atoms with E-state index in [1.807, 2.05) is 12.3 Å². The van der Waals surface area contributed by atoms with Crippen molar-refractivity contribution in [1.29, 1.82) is 0 Å². The summed E-state index contributed by atoms with van der Waals surface area (Å²) in [6.45, 7) is 1.37. The molecule has 1 aliphatic carbocycles. The van der Waals surface area contributed by atoms with E-state index in [4.69, 9.17) is 12.6 Å².